The number of aryl methyl sites for hydroxylation is 1. The fourth-order valence-electron chi connectivity index (χ4n) is 10.9. The molecule has 15 heteroatoms. The van der Waals surface area contributed by atoms with Crippen LogP contribution in [0.1, 0.15) is 83.7 Å². The number of aliphatic hydroxyl groups excluding tert-OH is 1. The van der Waals surface area contributed by atoms with Crippen LogP contribution in [0.4, 0.5) is 0 Å². The van der Waals surface area contributed by atoms with E-state index in [1.54, 1.807) is 37.4 Å². The fraction of sp³-hybridized carbons (Fsp3) is 0.569. The maximum absolute atomic E-state index is 14.8. The Balaban J connectivity index is 1.20. The zero-order valence-electron chi connectivity index (χ0n) is 40.0. The van der Waals surface area contributed by atoms with Crippen molar-refractivity contribution in [2.45, 2.75) is 117 Å². The Morgan fingerprint density at radius 3 is 2.61 bits per heavy atom. The summed E-state index contributed by atoms with van der Waals surface area (Å²) in [6, 6.07) is 12.9. The molecule has 0 aliphatic carbocycles. The number of methoxy groups -OCH3 is 1. The first-order chi connectivity index (χ1) is 31.6. The number of aromatic nitrogens is 2. The van der Waals surface area contributed by atoms with Crippen molar-refractivity contribution in [3.63, 3.8) is 0 Å². The summed E-state index contributed by atoms with van der Waals surface area (Å²) in [5.41, 5.74) is 9.85. The molecule has 4 fully saturated rings. The number of nitrogens with one attached hydrogen (secondary N) is 2. The molecule has 9 rings (SSSR count). The summed E-state index contributed by atoms with van der Waals surface area (Å²) >= 11 is 0. The number of hydrazine groups is 1. The molecule has 0 radical (unpaired) electrons. The van der Waals surface area contributed by atoms with Gasteiger partial charge in [-0.1, -0.05) is 39.8 Å². The summed E-state index contributed by atoms with van der Waals surface area (Å²) in [6.45, 7) is 17.8. The van der Waals surface area contributed by atoms with Gasteiger partial charge in [-0.2, -0.15) is 0 Å². The topological polar surface area (TPSA) is 165 Å². The molecule has 5 aliphatic heterocycles. The van der Waals surface area contributed by atoms with Crippen molar-refractivity contribution < 1.29 is 34.1 Å². The van der Waals surface area contributed by atoms with Gasteiger partial charge in [0.1, 0.15) is 24.1 Å². The summed E-state index contributed by atoms with van der Waals surface area (Å²) in [7, 11) is 3.47. The van der Waals surface area contributed by atoms with Crippen molar-refractivity contribution in [1.82, 2.24) is 40.0 Å². The lowest BCUT2D eigenvalue weighted by Crippen LogP contribution is -2.64. The van der Waals surface area contributed by atoms with Crippen LogP contribution in [-0.2, 0) is 43.2 Å². The Morgan fingerprint density at radius 1 is 1.05 bits per heavy atom. The van der Waals surface area contributed by atoms with Gasteiger partial charge in [0.25, 0.3) is 5.91 Å². The number of carbonyl (C=O) groups excluding carboxylic acids is 3. The molecule has 0 spiro atoms. The third-order valence-corrected chi connectivity index (χ3v) is 14.3. The van der Waals surface area contributed by atoms with E-state index in [2.05, 4.69) is 70.1 Å². The van der Waals surface area contributed by atoms with Gasteiger partial charge in [-0.3, -0.25) is 34.2 Å². The maximum atomic E-state index is 14.8. The number of amides is 2. The molecule has 4 saturated heterocycles. The number of ether oxygens (including phenoxy) is 2. The second-order valence-corrected chi connectivity index (χ2v) is 20.1. The molecule has 15 nitrogen and oxygen atoms in total. The number of likely N-dealkylation sites (N-methyl/N-ethyl adjacent to an activating group) is 1. The second kappa shape index (κ2) is 19.7. The van der Waals surface area contributed by atoms with Crippen LogP contribution in [-0.4, -0.2) is 148 Å². The molecule has 8 bridgehead atoms. The molecule has 7 heterocycles. The van der Waals surface area contributed by atoms with Gasteiger partial charge in [-0.15, -0.1) is 0 Å². The molecule has 356 valence electrons. The quantitative estimate of drug-likeness (QED) is 0.123. The average molecular weight is 907 g/mol. The fourth-order valence-corrected chi connectivity index (χ4v) is 10.9. The van der Waals surface area contributed by atoms with Crippen LogP contribution < -0.4 is 10.7 Å². The predicted octanol–water partition coefficient (Wildman–Crippen LogP) is 5.12. The molecule has 0 saturated carbocycles. The monoisotopic (exact) mass is 907 g/mol. The first-order valence-electron chi connectivity index (χ1n) is 23.9. The van der Waals surface area contributed by atoms with E-state index in [-0.39, 0.29) is 42.7 Å². The molecule has 8 atom stereocenters. The minimum atomic E-state index is -1.08. The molecule has 66 heavy (non-hydrogen) atoms. The number of hydrogen-bond acceptors (Lipinski definition) is 12. The number of cyclic esters (lactones) is 1. The average Bonchev–Trinajstić information content (AvgIpc) is 3.45. The third kappa shape index (κ3) is 9.74. The molecule has 4 aromatic rings. The minimum absolute atomic E-state index is 0.0292. The van der Waals surface area contributed by atoms with Gasteiger partial charge in [0.05, 0.1) is 36.2 Å². The number of pyridine rings is 1. The molecule has 4 unspecified atom stereocenters. The number of rotatable bonds is 10. The highest BCUT2D eigenvalue weighted by Gasteiger charge is 2.42. The molecule has 4 N–H and O–H groups in total. The molecule has 5 aliphatic rings. The zero-order chi connectivity index (χ0) is 47.0. The van der Waals surface area contributed by atoms with Gasteiger partial charge in [-0.05, 0) is 124 Å². The number of esters is 1. The van der Waals surface area contributed by atoms with E-state index in [0.717, 1.165) is 83.7 Å². The Hall–Kier alpha value is -4.90. The lowest BCUT2D eigenvalue weighted by Gasteiger charge is -2.44. The summed E-state index contributed by atoms with van der Waals surface area (Å²) in [4.78, 5) is 54.7. The third-order valence-electron chi connectivity index (χ3n) is 14.3. The SMILES string of the molecule is CCn1c(-c2cccnc2[C@H](C)OC)c2c3cc(ccc31)-c1cc(O)cc(c1)C[C@H](NC(=O)[C@H](C(C)C)N(C)C(O)C1CN3CCCN1CC3)C(=O)N1CCC[C@H](N1)C(=O)OCC(C)(C)C2. The van der Waals surface area contributed by atoms with Crippen molar-refractivity contribution in [1.29, 1.82) is 0 Å². The highest BCUT2D eigenvalue weighted by atomic mass is 16.5. The van der Waals surface area contributed by atoms with Gasteiger partial charge >= 0.3 is 5.97 Å². The lowest BCUT2D eigenvalue weighted by atomic mass is 9.84. The Labute approximate surface area is 389 Å². The van der Waals surface area contributed by atoms with E-state index < -0.39 is 41.6 Å². The smallest absolute Gasteiger partial charge is 0.324 e. The zero-order valence-corrected chi connectivity index (χ0v) is 40.0. The maximum Gasteiger partial charge on any atom is 0.324 e. The van der Waals surface area contributed by atoms with Crippen molar-refractivity contribution in [2.24, 2.45) is 11.3 Å². The minimum Gasteiger partial charge on any atom is -0.508 e. The highest BCUT2D eigenvalue weighted by molar-refractivity contribution is 5.95. The number of nitrogens with zero attached hydrogens (tertiary/aromatic N) is 6. The van der Waals surface area contributed by atoms with Crippen LogP contribution >= 0.6 is 0 Å². The van der Waals surface area contributed by atoms with Crippen molar-refractivity contribution >= 4 is 28.7 Å². The van der Waals surface area contributed by atoms with E-state index in [4.69, 9.17) is 14.5 Å². The van der Waals surface area contributed by atoms with Crippen LogP contribution in [0.25, 0.3) is 33.3 Å². The highest BCUT2D eigenvalue weighted by Crippen LogP contribution is 2.42. The molecular formula is C51H70N8O7. The number of fused-ring (bicyclic) bond motifs is 10. The van der Waals surface area contributed by atoms with E-state index in [1.165, 1.54) is 5.01 Å². The van der Waals surface area contributed by atoms with Crippen molar-refractivity contribution in [3.05, 3.63) is 71.5 Å². The Bertz CT molecular complexity index is 2410. The first-order valence-corrected chi connectivity index (χ1v) is 23.9. The largest absolute Gasteiger partial charge is 0.508 e. The second-order valence-electron chi connectivity index (χ2n) is 20.1. The van der Waals surface area contributed by atoms with Crippen LogP contribution in [0.15, 0.2) is 54.7 Å². The van der Waals surface area contributed by atoms with Crippen LogP contribution in [0.5, 0.6) is 5.75 Å². The van der Waals surface area contributed by atoms with E-state index in [9.17, 15) is 24.6 Å². The summed E-state index contributed by atoms with van der Waals surface area (Å²) < 4.78 is 14.3. The number of carbonyl (C=O) groups is 3. The molecule has 2 amide bonds. The number of phenolic OH excluding ortho intramolecular Hbond substituents is 1. The van der Waals surface area contributed by atoms with Crippen LogP contribution in [0.3, 0.4) is 0 Å². The normalized spacial score (nSPS) is 25.0. The number of piperazine rings is 1. The number of hydrogen-bond donors (Lipinski definition) is 4. The van der Waals surface area contributed by atoms with E-state index in [0.29, 0.717) is 37.9 Å². The number of aliphatic hydroxyl groups is 1. The summed E-state index contributed by atoms with van der Waals surface area (Å²) in [5.74, 6) is -1.42. The van der Waals surface area contributed by atoms with Gasteiger partial charge in [0, 0.05) is 74.3 Å². The van der Waals surface area contributed by atoms with Crippen LogP contribution in [0.2, 0.25) is 0 Å². The standard InChI is InChI=1S/C51H70N8O7/c1-9-58-42-16-15-34-27-38(42)39(46(58)37-13-10-17-52-44(37)32(4)65-8)28-51(5,6)30-66-50(64)40-14-11-20-59(54-40)48(62)41(25-33-23-35(34)26-36(60)24-33)53-47(61)45(31(2)3)55(7)49(63)43-29-56-18-12-19-57(43)22-21-56/h10,13,15-17,23-24,26-27,31-32,40-41,43,45,49,54,60,63H,9,11-12,14,18-22,25,28-30H2,1-8H3,(H,53,61)/t32-,40-,41-,43?,45-,49?/m0/s1. The van der Waals surface area contributed by atoms with Gasteiger partial charge < -0.3 is 34.5 Å². The lowest BCUT2D eigenvalue weighted by molar-refractivity contribution is -0.155. The Kier molecular flexibility index (Phi) is 14.2. The van der Waals surface area contributed by atoms with E-state index >= 15 is 0 Å². The van der Waals surface area contributed by atoms with Gasteiger partial charge in [0.2, 0.25) is 5.91 Å². The van der Waals surface area contributed by atoms with Crippen LogP contribution in [0, 0.1) is 11.3 Å². The number of benzene rings is 2. The summed E-state index contributed by atoms with van der Waals surface area (Å²) in [6.07, 6.45) is 3.28. The first kappa shape index (κ1) is 47.6. The molecule has 2 aromatic carbocycles. The van der Waals surface area contributed by atoms with Crippen molar-refractivity contribution in [3.8, 4) is 28.1 Å². The predicted molar refractivity (Wildman–Crippen MR) is 254 cm³/mol. The van der Waals surface area contributed by atoms with Gasteiger partial charge in [0.15, 0.2) is 0 Å². The summed E-state index contributed by atoms with van der Waals surface area (Å²) in [5, 5.41) is 28.9. The molecule has 2 aromatic heterocycles. The van der Waals surface area contributed by atoms with E-state index in [1.807, 2.05) is 32.9 Å². The molecular weight excluding hydrogens is 837 g/mol. The van der Waals surface area contributed by atoms with Crippen molar-refractivity contribution in [2.75, 3.05) is 60.0 Å². The number of aromatic hydroxyl groups is 1. The number of phenols is 1. The Morgan fingerprint density at radius 2 is 1.85 bits per heavy atom. The van der Waals surface area contributed by atoms with Gasteiger partial charge in [-0.25, -0.2) is 5.43 Å².